The van der Waals surface area contributed by atoms with Crippen molar-refractivity contribution in [2.24, 2.45) is 5.92 Å². The fourth-order valence-electron chi connectivity index (χ4n) is 5.11. The van der Waals surface area contributed by atoms with Crippen LogP contribution < -0.4 is 10.2 Å². The first-order valence-corrected chi connectivity index (χ1v) is 12.4. The summed E-state index contributed by atoms with van der Waals surface area (Å²) in [4.78, 5) is 18.1. The van der Waals surface area contributed by atoms with Crippen LogP contribution in [0.25, 0.3) is 11.4 Å². The lowest BCUT2D eigenvalue weighted by Gasteiger charge is -2.29. The van der Waals surface area contributed by atoms with E-state index in [1.165, 1.54) is 6.42 Å². The van der Waals surface area contributed by atoms with E-state index in [1.54, 1.807) is 20.3 Å². The number of nitrogens with one attached hydrogen (secondary N) is 1. The molecule has 1 aromatic heterocycles. The molecule has 180 valence electrons. The van der Waals surface area contributed by atoms with Gasteiger partial charge in [-0.1, -0.05) is 24.4 Å². The van der Waals surface area contributed by atoms with E-state index in [9.17, 15) is 4.79 Å². The Kier molecular flexibility index (Phi) is 7.94. The zero-order valence-corrected chi connectivity index (χ0v) is 20.7. The highest BCUT2D eigenvalue weighted by molar-refractivity contribution is 6.30. The van der Waals surface area contributed by atoms with Gasteiger partial charge in [0.2, 0.25) is 0 Å². The molecule has 8 heteroatoms. The molecule has 2 aliphatic rings. The number of nitrogens with zero attached hydrogens (tertiary/aromatic N) is 3. The molecule has 2 aromatic rings. The highest BCUT2D eigenvalue weighted by atomic mass is 35.5. The third kappa shape index (κ3) is 5.53. The second kappa shape index (κ2) is 10.9. The molecule has 2 fully saturated rings. The number of benzene rings is 1. The first-order valence-electron chi connectivity index (χ1n) is 12.0. The number of halogens is 1. The van der Waals surface area contributed by atoms with Gasteiger partial charge in [-0.2, -0.15) is 0 Å². The van der Waals surface area contributed by atoms with Crippen LogP contribution in [0.1, 0.15) is 61.1 Å². The molecule has 1 aromatic carbocycles. The third-order valence-electron chi connectivity index (χ3n) is 6.96. The molecule has 1 amide bonds. The Hall–Kier alpha value is -2.09. The van der Waals surface area contributed by atoms with E-state index >= 15 is 0 Å². The van der Waals surface area contributed by atoms with Gasteiger partial charge in [-0.05, 0) is 63.1 Å². The van der Waals surface area contributed by atoms with Crippen molar-refractivity contribution < 1.29 is 14.3 Å². The normalized spacial score (nSPS) is 21.7. The zero-order valence-electron chi connectivity index (χ0n) is 19.9. The molecule has 1 N–H and O–H groups in total. The van der Waals surface area contributed by atoms with Crippen LogP contribution in [0.4, 0.5) is 0 Å². The summed E-state index contributed by atoms with van der Waals surface area (Å²) in [7, 11) is 3.43. The van der Waals surface area contributed by atoms with Crippen molar-refractivity contribution in [2.45, 2.75) is 64.5 Å². The second-order valence-corrected chi connectivity index (χ2v) is 9.64. The summed E-state index contributed by atoms with van der Waals surface area (Å²) in [5.74, 6) is 1.70. The smallest absolute Gasteiger partial charge is 0.286 e. The van der Waals surface area contributed by atoms with Crippen LogP contribution in [0.15, 0.2) is 18.2 Å². The molecule has 0 radical (unpaired) electrons. The molecule has 2 atom stereocenters. The Labute approximate surface area is 201 Å². The van der Waals surface area contributed by atoms with Gasteiger partial charge in [0.25, 0.3) is 5.91 Å². The molecular weight excluding hydrogens is 440 g/mol. The van der Waals surface area contributed by atoms with Crippen molar-refractivity contribution in [3.8, 4) is 17.1 Å². The number of methoxy groups -OCH3 is 2. The maximum atomic E-state index is 13.2. The van der Waals surface area contributed by atoms with Crippen molar-refractivity contribution in [3.05, 3.63) is 34.6 Å². The fourth-order valence-corrected chi connectivity index (χ4v) is 5.29. The van der Waals surface area contributed by atoms with Gasteiger partial charge in [-0.15, -0.1) is 0 Å². The van der Waals surface area contributed by atoms with E-state index in [0.717, 1.165) is 75.2 Å². The lowest BCUT2D eigenvalue weighted by atomic mass is 9.87. The SMILES string of the molecule is COc1ccc(Cl)cc1-c1nc(C(=O)NN2CCCCC2)c(C)n1CC1CCCC(OC)C1. The van der Waals surface area contributed by atoms with Gasteiger partial charge in [-0.3, -0.25) is 10.2 Å². The molecule has 4 rings (SSSR count). The van der Waals surface area contributed by atoms with Gasteiger partial charge in [0.05, 0.1) is 18.8 Å². The molecule has 2 unspecified atom stereocenters. The van der Waals surface area contributed by atoms with Crippen molar-refractivity contribution in [1.82, 2.24) is 20.0 Å². The predicted octanol–water partition coefficient (Wildman–Crippen LogP) is 4.86. The largest absolute Gasteiger partial charge is 0.496 e. The zero-order chi connectivity index (χ0) is 23.4. The van der Waals surface area contributed by atoms with Crippen molar-refractivity contribution in [2.75, 3.05) is 27.3 Å². The number of piperidine rings is 1. The second-order valence-electron chi connectivity index (χ2n) is 9.20. The first kappa shape index (κ1) is 24.0. The highest BCUT2D eigenvalue weighted by Crippen LogP contribution is 2.35. The number of carbonyl (C=O) groups is 1. The molecular formula is C25H35ClN4O3. The van der Waals surface area contributed by atoms with E-state index in [-0.39, 0.29) is 5.91 Å². The number of ether oxygens (including phenoxy) is 2. The van der Waals surface area contributed by atoms with Gasteiger partial charge >= 0.3 is 0 Å². The number of carbonyl (C=O) groups excluding carboxylic acids is 1. The minimum atomic E-state index is -0.159. The Morgan fingerprint density at radius 3 is 2.70 bits per heavy atom. The molecule has 1 aliphatic heterocycles. The van der Waals surface area contributed by atoms with Crippen LogP contribution in [-0.4, -0.2) is 53.9 Å². The number of aromatic nitrogens is 2. The lowest BCUT2D eigenvalue weighted by Crippen LogP contribution is -2.45. The molecule has 33 heavy (non-hydrogen) atoms. The quantitative estimate of drug-likeness (QED) is 0.620. The van der Waals surface area contributed by atoms with Crippen molar-refractivity contribution >= 4 is 17.5 Å². The minimum absolute atomic E-state index is 0.159. The summed E-state index contributed by atoms with van der Waals surface area (Å²) in [5.41, 5.74) is 5.18. The van der Waals surface area contributed by atoms with Gasteiger partial charge in [-0.25, -0.2) is 9.99 Å². The Bertz CT molecular complexity index is 971. The van der Waals surface area contributed by atoms with E-state index in [1.807, 2.05) is 24.1 Å². The summed E-state index contributed by atoms with van der Waals surface area (Å²) in [6, 6.07) is 5.52. The number of rotatable bonds is 7. The standard InChI is InChI=1S/C25H35ClN4O3/c1-17-23(25(31)28-29-12-5-4-6-13-29)27-24(21-15-19(26)10-11-22(21)33-3)30(17)16-18-8-7-9-20(14-18)32-2/h10-11,15,18,20H,4-9,12-14,16H2,1-3H3,(H,28,31). The van der Waals surface area contributed by atoms with Gasteiger partial charge in [0.1, 0.15) is 11.6 Å². The van der Waals surface area contributed by atoms with E-state index in [0.29, 0.717) is 28.5 Å². The highest BCUT2D eigenvalue weighted by Gasteiger charge is 2.28. The molecule has 1 aliphatic carbocycles. The molecule has 0 bridgehead atoms. The Balaban J connectivity index is 1.69. The maximum absolute atomic E-state index is 13.2. The van der Waals surface area contributed by atoms with Crippen molar-refractivity contribution in [3.63, 3.8) is 0 Å². The van der Waals surface area contributed by atoms with E-state index < -0.39 is 0 Å². The summed E-state index contributed by atoms with van der Waals surface area (Å²) in [5, 5.41) is 2.61. The van der Waals surface area contributed by atoms with E-state index in [2.05, 4.69) is 9.99 Å². The number of hydrazine groups is 1. The number of hydrogen-bond donors (Lipinski definition) is 1. The molecule has 1 saturated carbocycles. The van der Waals surface area contributed by atoms with Crippen LogP contribution >= 0.6 is 11.6 Å². The summed E-state index contributed by atoms with van der Waals surface area (Å²) in [6.45, 7) is 4.51. The van der Waals surface area contributed by atoms with Crippen molar-refractivity contribution in [1.29, 1.82) is 0 Å². The summed E-state index contributed by atoms with van der Waals surface area (Å²) in [6.07, 6.45) is 8.10. The topological polar surface area (TPSA) is 68.6 Å². The molecule has 0 spiro atoms. The Morgan fingerprint density at radius 1 is 1.18 bits per heavy atom. The fraction of sp³-hybridized carbons (Fsp3) is 0.600. The Morgan fingerprint density at radius 2 is 1.97 bits per heavy atom. The van der Waals surface area contributed by atoms with Crippen LogP contribution in [-0.2, 0) is 11.3 Å². The lowest BCUT2D eigenvalue weighted by molar-refractivity contribution is 0.0471. The number of amides is 1. The van der Waals surface area contributed by atoms with Crippen LogP contribution in [0.2, 0.25) is 5.02 Å². The van der Waals surface area contributed by atoms with Crippen LogP contribution in [0.3, 0.4) is 0 Å². The van der Waals surface area contributed by atoms with Gasteiger partial charge in [0, 0.05) is 37.5 Å². The minimum Gasteiger partial charge on any atom is -0.496 e. The number of imidazole rings is 1. The van der Waals surface area contributed by atoms with Crippen LogP contribution in [0, 0.1) is 12.8 Å². The molecule has 1 saturated heterocycles. The monoisotopic (exact) mass is 474 g/mol. The molecule has 2 heterocycles. The van der Waals surface area contributed by atoms with Gasteiger partial charge < -0.3 is 14.0 Å². The van der Waals surface area contributed by atoms with Gasteiger partial charge in [0.15, 0.2) is 5.69 Å². The summed E-state index contributed by atoms with van der Waals surface area (Å²) >= 11 is 6.35. The molecule has 7 nitrogen and oxygen atoms in total. The van der Waals surface area contributed by atoms with Crippen LogP contribution in [0.5, 0.6) is 5.75 Å². The maximum Gasteiger partial charge on any atom is 0.286 e. The first-order chi connectivity index (χ1) is 16.0. The number of hydrogen-bond acceptors (Lipinski definition) is 5. The third-order valence-corrected chi connectivity index (χ3v) is 7.20. The summed E-state index contributed by atoms with van der Waals surface area (Å²) < 4.78 is 13.4. The average molecular weight is 475 g/mol. The van der Waals surface area contributed by atoms with E-state index in [4.69, 9.17) is 26.1 Å². The predicted molar refractivity (Wildman–Crippen MR) is 130 cm³/mol. The average Bonchev–Trinajstić information content (AvgIpc) is 3.15.